The topological polar surface area (TPSA) is 69.2 Å². The summed E-state index contributed by atoms with van der Waals surface area (Å²) in [4.78, 5) is 20.1. The van der Waals surface area contributed by atoms with E-state index in [1.807, 2.05) is 0 Å². The van der Waals surface area contributed by atoms with Gasteiger partial charge in [0.25, 0.3) is 0 Å². The largest absolute Gasteiger partial charge is 0.379 e. The third kappa shape index (κ3) is 11.1. The van der Waals surface area contributed by atoms with E-state index in [4.69, 9.17) is 4.74 Å². The predicted octanol–water partition coefficient (Wildman–Crippen LogP) is 0.702. The molecule has 0 bridgehead atoms. The Bertz CT molecular complexity index is 415. The zero-order chi connectivity index (χ0) is 18.0. The van der Waals surface area contributed by atoms with Crippen LogP contribution in [0.5, 0.6) is 0 Å². The van der Waals surface area contributed by atoms with Gasteiger partial charge in [0, 0.05) is 51.6 Å². The third-order valence-corrected chi connectivity index (χ3v) is 5.18. The first-order chi connectivity index (χ1) is 11.3. The van der Waals surface area contributed by atoms with Crippen molar-refractivity contribution >= 4 is 47.6 Å². The molecule has 0 radical (unpaired) electrons. The SMILES string of the molecule is CSC(C)(C)CNC(=NCC(=O)N(C)C)NCCN1CCOCC1.I. The number of aliphatic imine (C=N–C) groups is 1. The fraction of sp³-hybridized carbons (Fsp3) is 0.875. The first kappa shape index (κ1) is 24.7. The van der Waals surface area contributed by atoms with Crippen LogP contribution >= 0.6 is 35.7 Å². The molecule has 9 heteroatoms. The van der Waals surface area contributed by atoms with Crippen molar-refractivity contribution in [2.24, 2.45) is 4.99 Å². The first-order valence-electron chi connectivity index (χ1n) is 8.41. The molecule has 1 amide bonds. The van der Waals surface area contributed by atoms with Gasteiger partial charge in [-0.15, -0.1) is 24.0 Å². The second-order valence-corrected chi connectivity index (χ2v) is 8.16. The van der Waals surface area contributed by atoms with Gasteiger partial charge >= 0.3 is 0 Å². The summed E-state index contributed by atoms with van der Waals surface area (Å²) in [5.74, 6) is 0.689. The molecule has 0 saturated carbocycles. The molecular formula is C16H34IN5O2S. The van der Waals surface area contributed by atoms with Crippen LogP contribution in [0, 0.1) is 0 Å². The molecule has 1 fully saturated rings. The third-order valence-electron chi connectivity index (χ3n) is 3.93. The average molecular weight is 487 g/mol. The van der Waals surface area contributed by atoms with Crippen LogP contribution in [0.1, 0.15) is 13.8 Å². The molecule has 0 aromatic carbocycles. The fourth-order valence-corrected chi connectivity index (χ4v) is 2.20. The number of hydrogen-bond donors (Lipinski definition) is 2. The molecule has 1 saturated heterocycles. The van der Waals surface area contributed by atoms with Gasteiger partial charge in [0.2, 0.25) is 5.91 Å². The number of rotatable bonds is 8. The number of halogens is 1. The Labute approximate surface area is 173 Å². The summed E-state index contributed by atoms with van der Waals surface area (Å²) in [5.41, 5.74) is 0. The number of carbonyl (C=O) groups excluding carboxylic acids is 1. The van der Waals surface area contributed by atoms with Crippen molar-refractivity contribution in [1.29, 1.82) is 0 Å². The lowest BCUT2D eigenvalue weighted by Crippen LogP contribution is -2.47. The van der Waals surface area contributed by atoms with Crippen LogP contribution in [0.15, 0.2) is 4.99 Å². The lowest BCUT2D eigenvalue weighted by atomic mass is 10.2. The number of ether oxygens (including phenoxy) is 1. The summed E-state index contributed by atoms with van der Waals surface area (Å²) in [7, 11) is 3.49. The van der Waals surface area contributed by atoms with Crippen LogP contribution in [0.25, 0.3) is 0 Å². The molecule has 1 aliphatic heterocycles. The van der Waals surface area contributed by atoms with Gasteiger partial charge in [-0.25, -0.2) is 4.99 Å². The fourth-order valence-electron chi connectivity index (χ4n) is 1.99. The van der Waals surface area contributed by atoms with Crippen LogP contribution in [0.3, 0.4) is 0 Å². The summed E-state index contributed by atoms with van der Waals surface area (Å²) in [6.07, 6.45) is 2.10. The first-order valence-corrected chi connectivity index (χ1v) is 9.64. The Morgan fingerprint density at radius 2 is 1.92 bits per heavy atom. The summed E-state index contributed by atoms with van der Waals surface area (Å²) in [6, 6.07) is 0. The van der Waals surface area contributed by atoms with Crippen molar-refractivity contribution in [2.75, 3.05) is 72.8 Å². The molecule has 0 atom stereocenters. The normalized spacial score (nSPS) is 16.1. The zero-order valence-electron chi connectivity index (χ0n) is 16.1. The molecule has 1 aliphatic rings. The quantitative estimate of drug-likeness (QED) is 0.299. The number of morpholine rings is 1. The molecule has 1 heterocycles. The van der Waals surface area contributed by atoms with Crippen LogP contribution < -0.4 is 10.6 Å². The van der Waals surface area contributed by atoms with E-state index in [-0.39, 0.29) is 41.2 Å². The van der Waals surface area contributed by atoms with Crippen LogP contribution in [0.4, 0.5) is 0 Å². The summed E-state index contributed by atoms with van der Waals surface area (Å²) in [6.45, 7) is 10.6. The number of nitrogens with zero attached hydrogens (tertiary/aromatic N) is 3. The second kappa shape index (κ2) is 13.0. The Morgan fingerprint density at radius 3 is 2.48 bits per heavy atom. The predicted molar refractivity (Wildman–Crippen MR) is 117 cm³/mol. The molecule has 7 nitrogen and oxygen atoms in total. The average Bonchev–Trinajstić information content (AvgIpc) is 2.57. The monoisotopic (exact) mass is 487 g/mol. The van der Waals surface area contributed by atoms with E-state index in [9.17, 15) is 4.79 Å². The van der Waals surface area contributed by atoms with Crippen molar-refractivity contribution in [2.45, 2.75) is 18.6 Å². The highest BCUT2D eigenvalue weighted by Crippen LogP contribution is 2.19. The number of hydrogen-bond acceptors (Lipinski definition) is 5. The maximum atomic E-state index is 11.8. The maximum Gasteiger partial charge on any atom is 0.243 e. The molecule has 2 N–H and O–H groups in total. The lowest BCUT2D eigenvalue weighted by Gasteiger charge is -2.27. The number of nitrogens with one attached hydrogen (secondary N) is 2. The van der Waals surface area contributed by atoms with Crippen LogP contribution in [-0.4, -0.2) is 99.2 Å². The van der Waals surface area contributed by atoms with Gasteiger partial charge in [-0.3, -0.25) is 9.69 Å². The second-order valence-electron chi connectivity index (χ2n) is 6.65. The molecule has 148 valence electrons. The smallest absolute Gasteiger partial charge is 0.243 e. The molecule has 0 spiro atoms. The minimum Gasteiger partial charge on any atom is -0.379 e. The molecular weight excluding hydrogens is 453 g/mol. The van der Waals surface area contributed by atoms with Crippen LogP contribution in [-0.2, 0) is 9.53 Å². The standard InChI is InChI=1S/C16H33N5O2S.HI/c1-16(2,24-5)13-19-15(18-12-14(22)20(3)4)17-6-7-21-8-10-23-11-9-21;/h6-13H2,1-5H3,(H2,17,18,19);1H. The molecule has 25 heavy (non-hydrogen) atoms. The molecule has 0 aliphatic carbocycles. The van der Waals surface area contributed by atoms with Gasteiger partial charge in [-0.2, -0.15) is 11.8 Å². The van der Waals surface area contributed by atoms with Gasteiger partial charge in [0.05, 0.1) is 13.2 Å². The summed E-state index contributed by atoms with van der Waals surface area (Å²) < 4.78 is 5.47. The Kier molecular flexibility index (Phi) is 12.9. The maximum absolute atomic E-state index is 11.8. The lowest BCUT2D eigenvalue weighted by molar-refractivity contribution is -0.127. The minimum atomic E-state index is -0.00611. The van der Waals surface area contributed by atoms with Gasteiger partial charge < -0.3 is 20.3 Å². The van der Waals surface area contributed by atoms with Crippen molar-refractivity contribution in [3.05, 3.63) is 0 Å². The molecule has 0 unspecified atom stereocenters. The van der Waals surface area contributed by atoms with E-state index in [1.54, 1.807) is 30.8 Å². The Balaban J connectivity index is 0.00000576. The number of carbonyl (C=O) groups is 1. The van der Waals surface area contributed by atoms with E-state index < -0.39 is 0 Å². The molecule has 0 aromatic heterocycles. The van der Waals surface area contributed by atoms with E-state index in [0.29, 0.717) is 5.96 Å². The van der Waals surface area contributed by atoms with Gasteiger partial charge in [-0.05, 0) is 20.1 Å². The van der Waals surface area contributed by atoms with Gasteiger partial charge in [0.15, 0.2) is 5.96 Å². The highest BCUT2D eigenvalue weighted by molar-refractivity contribution is 14.0. The van der Waals surface area contributed by atoms with Gasteiger partial charge in [0.1, 0.15) is 6.54 Å². The number of likely N-dealkylation sites (N-methyl/N-ethyl adjacent to an activating group) is 1. The van der Waals surface area contributed by atoms with Crippen molar-refractivity contribution < 1.29 is 9.53 Å². The van der Waals surface area contributed by atoms with Gasteiger partial charge in [-0.1, -0.05) is 0 Å². The Hall–Kier alpha value is -0.260. The van der Waals surface area contributed by atoms with Crippen LogP contribution in [0.2, 0.25) is 0 Å². The van der Waals surface area contributed by atoms with Crippen molar-refractivity contribution in [3.8, 4) is 0 Å². The van der Waals surface area contributed by atoms with E-state index in [0.717, 1.165) is 45.9 Å². The number of guanidine groups is 1. The van der Waals surface area contributed by atoms with Crippen molar-refractivity contribution in [3.63, 3.8) is 0 Å². The number of thioether (sulfide) groups is 1. The van der Waals surface area contributed by atoms with E-state index in [1.165, 1.54) is 0 Å². The van der Waals surface area contributed by atoms with Crippen molar-refractivity contribution in [1.82, 2.24) is 20.4 Å². The summed E-state index contributed by atoms with van der Waals surface area (Å²) >= 11 is 1.80. The highest BCUT2D eigenvalue weighted by Gasteiger charge is 2.17. The Morgan fingerprint density at radius 1 is 1.28 bits per heavy atom. The molecule has 0 aromatic rings. The minimum absolute atomic E-state index is 0. The highest BCUT2D eigenvalue weighted by atomic mass is 127. The molecule has 1 rings (SSSR count). The van der Waals surface area contributed by atoms with E-state index in [2.05, 4.69) is 40.6 Å². The summed E-state index contributed by atoms with van der Waals surface area (Å²) in [5, 5.41) is 6.68. The van der Waals surface area contributed by atoms with E-state index >= 15 is 0 Å². The zero-order valence-corrected chi connectivity index (χ0v) is 19.3. The number of amides is 1.